The maximum Gasteiger partial charge on any atom is 0.535 e. The van der Waals surface area contributed by atoms with Crippen molar-refractivity contribution in [2.45, 2.75) is 11.8 Å². The van der Waals surface area contributed by atoms with E-state index in [2.05, 4.69) is 14.7 Å². The van der Waals surface area contributed by atoms with Gasteiger partial charge in [0.05, 0.1) is 30.6 Å². The highest BCUT2D eigenvalue weighted by Gasteiger charge is 2.32. The first-order valence-electron chi connectivity index (χ1n) is 7.99. The molecule has 0 radical (unpaired) electrons. The summed E-state index contributed by atoms with van der Waals surface area (Å²) in [4.78, 5) is 27.0. The van der Waals surface area contributed by atoms with E-state index in [0.29, 0.717) is 11.3 Å². The van der Waals surface area contributed by atoms with Gasteiger partial charge in [-0.15, -0.1) is 0 Å². The molecule has 1 aliphatic heterocycles. The summed E-state index contributed by atoms with van der Waals surface area (Å²) >= 11 is 0. The number of benzene rings is 1. The van der Waals surface area contributed by atoms with E-state index in [1.54, 1.807) is 0 Å². The molecule has 0 fully saturated rings. The molecular weight excluding hydrogens is 408 g/mol. The standard InChI is InChI=1S/C17H16N2O9S/c1-4-26-16(20)12(8-18)19-28-17(21)27-9-11-5-10-6-13(24-2)14(25-3)7-15(10)29(11,22)23/h5-7H,4,9H2,1-3H3/b19-12+. The van der Waals surface area contributed by atoms with Crippen molar-refractivity contribution in [2.24, 2.45) is 5.16 Å². The molecule has 0 saturated heterocycles. The highest BCUT2D eigenvalue weighted by Crippen LogP contribution is 2.40. The van der Waals surface area contributed by atoms with Gasteiger partial charge in [0, 0.05) is 6.07 Å². The van der Waals surface area contributed by atoms with Crippen LogP contribution in [-0.4, -0.2) is 53.7 Å². The van der Waals surface area contributed by atoms with Crippen molar-refractivity contribution in [3.63, 3.8) is 0 Å². The predicted octanol–water partition coefficient (Wildman–Crippen LogP) is 1.43. The van der Waals surface area contributed by atoms with Gasteiger partial charge in [-0.05, 0) is 24.6 Å². The zero-order valence-electron chi connectivity index (χ0n) is 15.6. The Morgan fingerprint density at radius 1 is 1.14 bits per heavy atom. The van der Waals surface area contributed by atoms with Crippen LogP contribution in [0.15, 0.2) is 27.1 Å². The number of ether oxygens (including phenoxy) is 4. The Bertz CT molecular complexity index is 1040. The minimum absolute atomic E-state index is 0.00781. The number of carbonyl (C=O) groups is 2. The van der Waals surface area contributed by atoms with Gasteiger partial charge in [0.2, 0.25) is 9.84 Å². The van der Waals surface area contributed by atoms with Crippen molar-refractivity contribution in [3.05, 3.63) is 22.6 Å². The van der Waals surface area contributed by atoms with Crippen LogP contribution in [0, 0.1) is 11.3 Å². The molecule has 0 amide bonds. The fraction of sp³-hybridized carbons (Fsp3) is 0.294. The van der Waals surface area contributed by atoms with E-state index < -0.39 is 34.3 Å². The fourth-order valence-electron chi connectivity index (χ4n) is 2.28. The molecule has 1 aromatic rings. The molecule has 0 atom stereocenters. The van der Waals surface area contributed by atoms with Gasteiger partial charge in [-0.2, -0.15) is 5.26 Å². The first kappa shape index (κ1) is 21.7. The van der Waals surface area contributed by atoms with E-state index in [0.717, 1.165) is 0 Å². The van der Waals surface area contributed by atoms with Crippen LogP contribution in [0.4, 0.5) is 4.79 Å². The molecule has 0 unspecified atom stereocenters. The number of rotatable bonds is 7. The predicted molar refractivity (Wildman–Crippen MR) is 96.8 cm³/mol. The Labute approximate surface area is 166 Å². The molecule has 0 aliphatic carbocycles. The first-order valence-corrected chi connectivity index (χ1v) is 9.47. The SMILES string of the molecule is CCOC(=O)/C(C#N)=N/OC(=O)OCC1=Cc2cc(OC)c(OC)cc2S1(=O)=O. The van der Waals surface area contributed by atoms with Gasteiger partial charge in [0.15, 0.2) is 11.5 Å². The molecule has 0 N–H and O–H groups in total. The van der Waals surface area contributed by atoms with Crippen LogP contribution < -0.4 is 9.47 Å². The second-order valence-electron chi connectivity index (χ2n) is 5.26. The van der Waals surface area contributed by atoms with Crippen LogP contribution >= 0.6 is 0 Å². The van der Waals surface area contributed by atoms with E-state index in [1.165, 1.54) is 45.4 Å². The normalized spacial score (nSPS) is 14.1. The van der Waals surface area contributed by atoms with Crippen LogP contribution in [0.25, 0.3) is 6.08 Å². The maximum absolute atomic E-state index is 12.6. The number of carbonyl (C=O) groups excluding carboxylic acids is 2. The number of nitrogens with zero attached hydrogens (tertiary/aromatic N) is 2. The molecule has 154 valence electrons. The minimum Gasteiger partial charge on any atom is -0.493 e. The van der Waals surface area contributed by atoms with Crippen molar-refractivity contribution in [3.8, 4) is 17.6 Å². The number of sulfone groups is 1. The van der Waals surface area contributed by atoms with Gasteiger partial charge in [0.25, 0.3) is 5.71 Å². The van der Waals surface area contributed by atoms with Crippen LogP contribution in [0.1, 0.15) is 12.5 Å². The lowest BCUT2D eigenvalue weighted by Crippen LogP contribution is -2.17. The van der Waals surface area contributed by atoms with Crippen molar-refractivity contribution in [1.82, 2.24) is 0 Å². The van der Waals surface area contributed by atoms with Gasteiger partial charge >= 0.3 is 12.1 Å². The van der Waals surface area contributed by atoms with Crippen molar-refractivity contribution >= 4 is 33.7 Å². The van der Waals surface area contributed by atoms with Crippen LogP contribution in [-0.2, 0) is 28.9 Å². The topological polar surface area (TPSA) is 151 Å². The van der Waals surface area contributed by atoms with Crippen molar-refractivity contribution in [2.75, 3.05) is 27.4 Å². The zero-order chi connectivity index (χ0) is 21.6. The number of hydrogen-bond donors (Lipinski definition) is 0. The van der Waals surface area contributed by atoms with Crippen molar-refractivity contribution < 1.29 is 41.8 Å². The third-order valence-electron chi connectivity index (χ3n) is 3.59. The summed E-state index contributed by atoms with van der Waals surface area (Å²) in [5, 5.41) is 11.8. The molecule has 11 nitrogen and oxygen atoms in total. The Morgan fingerprint density at radius 3 is 2.38 bits per heavy atom. The monoisotopic (exact) mass is 424 g/mol. The molecule has 0 aromatic heterocycles. The lowest BCUT2D eigenvalue weighted by atomic mass is 10.2. The minimum atomic E-state index is -3.93. The zero-order valence-corrected chi connectivity index (χ0v) is 16.4. The van der Waals surface area contributed by atoms with Crippen LogP contribution in [0.5, 0.6) is 11.5 Å². The molecule has 1 aromatic carbocycles. The van der Waals surface area contributed by atoms with Gasteiger partial charge < -0.3 is 18.9 Å². The van der Waals surface area contributed by atoms with Gasteiger partial charge in [-0.25, -0.2) is 18.0 Å². The first-order chi connectivity index (χ1) is 13.8. The Kier molecular flexibility index (Phi) is 6.79. The van der Waals surface area contributed by atoms with Crippen LogP contribution in [0.3, 0.4) is 0 Å². The molecule has 12 heteroatoms. The number of oxime groups is 1. The summed E-state index contributed by atoms with van der Waals surface area (Å²) in [6.07, 6.45) is -0.105. The van der Waals surface area contributed by atoms with Gasteiger partial charge in [-0.1, -0.05) is 5.16 Å². The molecule has 2 rings (SSSR count). The molecular formula is C17H16N2O9S. The van der Waals surface area contributed by atoms with Gasteiger partial charge in [0.1, 0.15) is 12.7 Å². The van der Waals surface area contributed by atoms with E-state index >= 15 is 0 Å². The van der Waals surface area contributed by atoms with E-state index in [4.69, 9.17) is 19.5 Å². The molecule has 0 saturated carbocycles. The summed E-state index contributed by atoms with van der Waals surface area (Å²) in [5.74, 6) is -0.527. The largest absolute Gasteiger partial charge is 0.535 e. The van der Waals surface area contributed by atoms with E-state index in [-0.39, 0.29) is 22.2 Å². The molecule has 29 heavy (non-hydrogen) atoms. The summed E-state index contributed by atoms with van der Waals surface area (Å²) in [6.45, 7) is 0.852. The van der Waals surface area contributed by atoms with Gasteiger partial charge in [-0.3, -0.25) is 4.84 Å². The van der Waals surface area contributed by atoms with Crippen LogP contribution in [0.2, 0.25) is 0 Å². The average Bonchev–Trinajstić information content (AvgIpc) is 2.95. The molecule has 1 aliphatic rings. The second kappa shape index (κ2) is 9.07. The Morgan fingerprint density at radius 2 is 1.79 bits per heavy atom. The molecule has 0 spiro atoms. The Hall–Kier alpha value is -3.59. The second-order valence-corrected chi connectivity index (χ2v) is 7.23. The summed E-state index contributed by atoms with van der Waals surface area (Å²) < 4.78 is 44.7. The smallest absolute Gasteiger partial charge is 0.493 e. The lowest BCUT2D eigenvalue weighted by Gasteiger charge is -2.09. The van der Waals surface area contributed by atoms with E-state index in [1.807, 2.05) is 0 Å². The highest BCUT2D eigenvalue weighted by molar-refractivity contribution is 7.95. The maximum atomic E-state index is 12.6. The van der Waals surface area contributed by atoms with Crippen molar-refractivity contribution in [1.29, 1.82) is 5.26 Å². The Balaban J connectivity index is 2.10. The number of esters is 1. The number of nitriles is 1. The summed E-state index contributed by atoms with van der Waals surface area (Å²) in [5.41, 5.74) is -0.468. The molecule has 1 heterocycles. The third kappa shape index (κ3) is 4.64. The number of hydrogen-bond acceptors (Lipinski definition) is 11. The fourth-order valence-corrected chi connectivity index (χ4v) is 3.74. The van der Waals surface area contributed by atoms with E-state index in [9.17, 15) is 18.0 Å². The summed E-state index contributed by atoms with van der Waals surface area (Å²) in [7, 11) is -1.15. The lowest BCUT2D eigenvalue weighted by molar-refractivity contribution is -0.135. The summed E-state index contributed by atoms with van der Waals surface area (Å²) in [6, 6.07) is 4.17. The quantitative estimate of drug-likeness (QED) is 0.272. The molecule has 0 bridgehead atoms. The highest BCUT2D eigenvalue weighted by atomic mass is 32.2. The number of fused-ring (bicyclic) bond motifs is 1. The average molecular weight is 424 g/mol. The third-order valence-corrected chi connectivity index (χ3v) is 5.44. The number of methoxy groups -OCH3 is 2.